The lowest BCUT2D eigenvalue weighted by Crippen LogP contribution is -2.16. The Labute approximate surface area is 156 Å². The Morgan fingerprint density at radius 1 is 0.800 bits per heavy atom. The van der Waals surface area contributed by atoms with Gasteiger partial charge in [0.1, 0.15) is 5.84 Å². The fourth-order valence-corrected chi connectivity index (χ4v) is 2.75. The van der Waals surface area contributed by atoms with Crippen LogP contribution in [0.3, 0.4) is 0 Å². The number of hydrogen-bond donors (Lipinski definition) is 1. The van der Waals surface area contributed by atoms with Gasteiger partial charge < -0.3 is 5.73 Å². The molecule has 0 unspecified atom stereocenters. The molecule has 0 spiro atoms. The van der Waals surface area contributed by atoms with Crippen molar-refractivity contribution in [1.29, 1.82) is 0 Å². The van der Waals surface area contributed by atoms with Crippen LogP contribution in [0.25, 0.3) is 0 Å². The van der Waals surface area contributed by atoms with Crippen molar-refractivity contribution in [1.82, 2.24) is 0 Å². The van der Waals surface area contributed by atoms with Crippen molar-refractivity contribution in [3.8, 4) is 0 Å². The van der Waals surface area contributed by atoms with Gasteiger partial charge in [0, 0.05) is 15.6 Å². The fourth-order valence-electron chi connectivity index (χ4n) is 2.35. The van der Waals surface area contributed by atoms with Gasteiger partial charge in [0.2, 0.25) is 0 Å². The molecular weight excluding hydrogens is 374 g/mol. The van der Waals surface area contributed by atoms with Gasteiger partial charge in [-0.2, -0.15) is 0 Å². The topological polar surface area (TPSA) is 50.7 Å². The molecule has 0 fully saturated rings. The van der Waals surface area contributed by atoms with E-state index in [1.54, 1.807) is 0 Å². The van der Waals surface area contributed by atoms with Crippen molar-refractivity contribution in [2.75, 3.05) is 0 Å². The molecule has 0 aromatic heterocycles. The summed E-state index contributed by atoms with van der Waals surface area (Å²) >= 11 is 3.46. The highest BCUT2D eigenvalue weighted by molar-refractivity contribution is 9.10. The molecule has 3 aromatic rings. The van der Waals surface area contributed by atoms with Crippen LogP contribution in [0.2, 0.25) is 0 Å². The molecule has 3 rings (SSSR count). The number of rotatable bonds is 4. The highest BCUT2D eigenvalue weighted by atomic mass is 79.9. The Balaban J connectivity index is 1.95. The summed E-state index contributed by atoms with van der Waals surface area (Å²) in [5, 5.41) is 0. The van der Waals surface area contributed by atoms with Gasteiger partial charge in [-0.15, -0.1) is 0 Å². The summed E-state index contributed by atoms with van der Waals surface area (Å²) in [6.07, 6.45) is 0. The second-order valence-corrected chi connectivity index (χ2v) is 6.41. The zero-order valence-electron chi connectivity index (χ0n) is 13.6. The first-order valence-electron chi connectivity index (χ1n) is 7.96. The predicted molar refractivity (Wildman–Crippen MR) is 108 cm³/mol. The van der Waals surface area contributed by atoms with Crippen molar-refractivity contribution in [2.24, 2.45) is 15.7 Å². The van der Waals surface area contributed by atoms with E-state index in [0.29, 0.717) is 18.2 Å². The Kier molecular flexibility index (Phi) is 5.75. The lowest BCUT2D eigenvalue weighted by atomic mass is 10.2. The van der Waals surface area contributed by atoms with Gasteiger partial charge >= 0.3 is 0 Å². The SMILES string of the molecule is N/C(=N\C(=N/Cc1ccccc1)c1ccccc1)c1cccc(Br)c1. The largest absolute Gasteiger partial charge is 0.383 e. The number of nitrogens with two attached hydrogens (primary N) is 1. The molecule has 0 bridgehead atoms. The number of hydrogen-bond acceptors (Lipinski definition) is 1. The number of nitrogens with zero attached hydrogens (tertiary/aromatic N) is 2. The van der Waals surface area contributed by atoms with Crippen molar-refractivity contribution < 1.29 is 0 Å². The van der Waals surface area contributed by atoms with Gasteiger partial charge in [-0.25, -0.2) is 4.99 Å². The highest BCUT2D eigenvalue weighted by Gasteiger charge is 2.05. The van der Waals surface area contributed by atoms with E-state index in [4.69, 9.17) is 5.73 Å². The zero-order valence-corrected chi connectivity index (χ0v) is 15.2. The number of aliphatic imine (C=N–C) groups is 2. The molecule has 0 radical (unpaired) electrons. The fraction of sp³-hybridized carbons (Fsp3) is 0.0476. The van der Waals surface area contributed by atoms with Crippen molar-refractivity contribution in [2.45, 2.75) is 6.54 Å². The van der Waals surface area contributed by atoms with E-state index in [1.807, 2.05) is 84.9 Å². The van der Waals surface area contributed by atoms with Crippen LogP contribution in [0.5, 0.6) is 0 Å². The third kappa shape index (κ3) is 4.88. The van der Waals surface area contributed by atoms with Gasteiger partial charge in [0.15, 0.2) is 5.84 Å². The minimum Gasteiger partial charge on any atom is -0.383 e. The highest BCUT2D eigenvalue weighted by Crippen LogP contribution is 2.13. The van der Waals surface area contributed by atoms with Crippen molar-refractivity contribution in [3.63, 3.8) is 0 Å². The van der Waals surface area contributed by atoms with Gasteiger partial charge in [-0.1, -0.05) is 88.7 Å². The van der Waals surface area contributed by atoms with E-state index in [0.717, 1.165) is 21.2 Å². The summed E-state index contributed by atoms with van der Waals surface area (Å²) in [5.41, 5.74) is 9.15. The normalized spacial score (nSPS) is 12.2. The van der Waals surface area contributed by atoms with E-state index >= 15 is 0 Å². The summed E-state index contributed by atoms with van der Waals surface area (Å²) in [5.74, 6) is 1.07. The summed E-state index contributed by atoms with van der Waals surface area (Å²) in [7, 11) is 0. The number of amidine groups is 2. The number of halogens is 1. The average molecular weight is 392 g/mol. The Morgan fingerprint density at radius 3 is 2.12 bits per heavy atom. The molecular formula is C21H18BrN3. The molecule has 0 aliphatic rings. The number of benzene rings is 3. The monoisotopic (exact) mass is 391 g/mol. The van der Waals surface area contributed by atoms with Crippen LogP contribution in [0.1, 0.15) is 16.7 Å². The molecule has 3 aromatic carbocycles. The molecule has 4 heteroatoms. The predicted octanol–water partition coefficient (Wildman–Crippen LogP) is 4.80. The molecule has 25 heavy (non-hydrogen) atoms. The van der Waals surface area contributed by atoms with E-state index in [9.17, 15) is 0 Å². The quantitative estimate of drug-likeness (QED) is 0.503. The van der Waals surface area contributed by atoms with E-state index in [-0.39, 0.29) is 0 Å². The average Bonchev–Trinajstić information content (AvgIpc) is 2.66. The van der Waals surface area contributed by atoms with Crippen LogP contribution in [-0.2, 0) is 6.54 Å². The minimum atomic E-state index is 0.442. The Morgan fingerprint density at radius 2 is 1.44 bits per heavy atom. The van der Waals surface area contributed by atoms with Gasteiger partial charge in [0.25, 0.3) is 0 Å². The molecule has 0 saturated heterocycles. The van der Waals surface area contributed by atoms with Gasteiger partial charge in [-0.05, 0) is 17.7 Å². The summed E-state index contributed by atoms with van der Waals surface area (Å²) in [4.78, 5) is 9.29. The van der Waals surface area contributed by atoms with E-state index in [1.165, 1.54) is 0 Å². The van der Waals surface area contributed by atoms with Crippen molar-refractivity contribution >= 4 is 27.6 Å². The first kappa shape index (κ1) is 17.1. The Bertz CT molecular complexity index is 887. The van der Waals surface area contributed by atoms with Crippen LogP contribution in [0.4, 0.5) is 0 Å². The first-order chi connectivity index (χ1) is 12.2. The second kappa shape index (κ2) is 8.40. The Hall–Kier alpha value is -2.72. The molecule has 0 saturated carbocycles. The lowest BCUT2D eigenvalue weighted by molar-refractivity contribution is 1.06. The zero-order chi connectivity index (χ0) is 17.5. The molecule has 0 aliphatic heterocycles. The molecule has 124 valence electrons. The molecule has 0 atom stereocenters. The summed E-state index contributed by atoms with van der Waals surface area (Å²) in [6.45, 7) is 0.556. The van der Waals surface area contributed by atoms with E-state index in [2.05, 4.69) is 25.9 Å². The maximum Gasteiger partial charge on any atom is 0.157 e. The third-order valence-corrected chi connectivity index (χ3v) is 4.13. The van der Waals surface area contributed by atoms with Crippen LogP contribution in [-0.4, -0.2) is 11.7 Å². The maximum atomic E-state index is 6.22. The first-order valence-corrected chi connectivity index (χ1v) is 8.75. The van der Waals surface area contributed by atoms with E-state index < -0.39 is 0 Å². The van der Waals surface area contributed by atoms with Crippen molar-refractivity contribution in [3.05, 3.63) is 106 Å². The molecule has 3 nitrogen and oxygen atoms in total. The third-order valence-electron chi connectivity index (χ3n) is 3.63. The van der Waals surface area contributed by atoms with Crippen LogP contribution >= 0.6 is 15.9 Å². The molecule has 0 amide bonds. The molecule has 2 N–H and O–H groups in total. The summed E-state index contributed by atoms with van der Waals surface area (Å²) in [6, 6.07) is 27.8. The minimum absolute atomic E-state index is 0.442. The van der Waals surface area contributed by atoms with Crippen LogP contribution in [0.15, 0.2) is 99.4 Å². The van der Waals surface area contributed by atoms with Crippen LogP contribution in [0, 0.1) is 0 Å². The second-order valence-electron chi connectivity index (χ2n) is 5.50. The molecule has 0 aliphatic carbocycles. The lowest BCUT2D eigenvalue weighted by Gasteiger charge is -2.06. The summed E-state index contributed by atoms with van der Waals surface area (Å²) < 4.78 is 0.964. The van der Waals surface area contributed by atoms with Gasteiger partial charge in [0.05, 0.1) is 6.54 Å². The standard InChI is InChI=1S/C21H18BrN3/c22-19-13-7-12-18(14-19)20(23)25-21(17-10-5-2-6-11-17)24-15-16-8-3-1-4-9-16/h1-14H,15H2,(H2,23,24,25). The maximum absolute atomic E-state index is 6.22. The van der Waals surface area contributed by atoms with Crippen LogP contribution < -0.4 is 5.73 Å². The molecule has 0 heterocycles. The van der Waals surface area contributed by atoms with Gasteiger partial charge in [-0.3, -0.25) is 4.99 Å². The smallest absolute Gasteiger partial charge is 0.157 e.